The van der Waals surface area contributed by atoms with Crippen molar-refractivity contribution in [3.8, 4) is 5.75 Å². The normalized spacial score (nSPS) is 17.1. The van der Waals surface area contributed by atoms with E-state index in [9.17, 15) is 0 Å². The average Bonchev–Trinajstić information content (AvgIpc) is 2.72. The van der Waals surface area contributed by atoms with Crippen LogP contribution in [0.25, 0.3) is 0 Å². The summed E-state index contributed by atoms with van der Waals surface area (Å²) in [5.41, 5.74) is 6.79. The molecular weight excluding hydrogens is 296 g/mol. The van der Waals surface area contributed by atoms with E-state index in [1.807, 2.05) is 24.3 Å². The lowest BCUT2D eigenvalue weighted by Crippen LogP contribution is -2.14. The van der Waals surface area contributed by atoms with Gasteiger partial charge in [0.15, 0.2) is 0 Å². The predicted molar refractivity (Wildman–Crippen MR) is 72.4 cm³/mol. The van der Waals surface area contributed by atoms with Crippen molar-refractivity contribution in [2.45, 2.75) is 6.04 Å². The van der Waals surface area contributed by atoms with Crippen molar-refractivity contribution < 1.29 is 4.74 Å². The number of rotatable bonds is 2. The Kier molecular flexibility index (Phi) is 2.79. The van der Waals surface area contributed by atoms with Gasteiger partial charge in [0.05, 0.1) is 6.04 Å². The minimum Gasteiger partial charge on any atom is -0.491 e. The molecule has 5 nitrogen and oxygen atoms in total. The third-order valence-electron chi connectivity index (χ3n) is 2.72. The van der Waals surface area contributed by atoms with E-state index < -0.39 is 0 Å². The summed E-state index contributed by atoms with van der Waals surface area (Å²) in [4.78, 5) is 8.37. The maximum Gasteiger partial charge on any atom is 0.226 e. The highest BCUT2D eigenvalue weighted by Gasteiger charge is 2.24. The van der Waals surface area contributed by atoms with Gasteiger partial charge < -0.3 is 15.8 Å². The van der Waals surface area contributed by atoms with Gasteiger partial charge >= 0.3 is 0 Å². The molecule has 1 aliphatic heterocycles. The molecule has 6 heteroatoms. The highest BCUT2D eigenvalue weighted by molar-refractivity contribution is 9.10. The fourth-order valence-electron chi connectivity index (χ4n) is 1.94. The summed E-state index contributed by atoms with van der Waals surface area (Å²) in [6, 6.07) is 9.63. The average molecular weight is 307 g/mol. The summed E-state index contributed by atoms with van der Waals surface area (Å²) >= 11 is 3.29. The van der Waals surface area contributed by atoms with E-state index in [4.69, 9.17) is 10.5 Å². The summed E-state index contributed by atoms with van der Waals surface area (Å²) in [5.74, 6) is 1.82. The molecule has 3 rings (SSSR count). The number of nitrogens with zero attached hydrogens (tertiary/aromatic N) is 2. The zero-order valence-corrected chi connectivity index (χ0v) is 11.0. The van der Waals surface area contributed by atoms with E-state index in [-0.39, 0.29) is 6.04 Å². The fraction of sp³-hybridized carbons (Fsp3) is 0.167. The van der Waals surface area contributed by atoms with Crippen LogP contribution in [-0.4, -0.2) is 16.6 Å². The monoisotopic (exact) mass is 306 g/mol. The summed E-state index contributed by atoms with van der Waals surface area (Å²) in [5, 5.41) is 3.22. The van der Waals surface area contributed by atoms with Crippen LogP contribution in [0.2, 0.25) is 0 Å². The van der Waals surface area contributed by atoms with Crippen molar-refractivity contribution in [3.63, 3.8) is 0 Å². The highest BCUT2D eigenvalue weighted by atomic mass is 79.9. The molecule has 1 aliphatic rings. The SMILES string of the molecule is Nc1cc(Br)nc(NC2COc3ccccc32)n1. The molecule has 0 bridgehead atoms. The van der Waals surface area contributed by atoms with E-state index in [1.54, 1.807) is 6.07 Å². The third kappa shape index (κ3) is 2.11. The van der Waals surface area contributed by atoms with Crippen LogP contribution in [0.1, 0.15) is 11.6 Å². The van der Waals surface area contributed by atoms with Gasteiger partial charge in [-0.25, -0.2) is 4.98 Å². The number of anilines is 2. The zero-order valence-electron chi connectivity index (χ0n) is 9.43. The minimum atomic E-state index is 0.0508. The second kappa shape index (κ2) is 4.45. The Hall–Kier alpha value is -1.82. The fourth-order valence-corrected chi connectivity index (χ4v) is 2.34. The number of hydrogen-bond donors (Lipinski definition) is 2. The number of hydrogen-bond acceptors (Lipinski definition) is 5. The smallest absolute Gasteiger partial charge is 0.226 e. The van der Waals surface area contributed by atoms with Gasteiger partial charge in [0.2, 0.25) is 5.95 Å². The number of benzene rings is 1. The number of halogens is 1. The van der Waals surface area contributed by atoms with Gasteiger partial charge in [0.1, 0.15) is 22.8 Å². The first-order chi connectivity index (χ1) is 8.72. The molecule has 2 heterocycles. The zero-order chi connectivity index (χ0) is 12.5. The molecule has 0 radical (unpaired) electrons. The molecule has 92 valence electrons. The second-order valence-electron chi connectivity index (χ2n) is 3.98. The van der Waals surface area contributed by atoms with E-state index in [1.165, 1.54) is 0 Å². The number of nitrogens with two attached hydrogens (primary N) is 1. The van der Waals surface area contributed by atoms with Crippen LogP contribution in [0.3, 0.4) is 0 Å². The van der Waals surface area contributed by atoms with Crippen LogP contribution in [0.5, 0.6) is 5.75 Å². The molecule has 1 unspecified atom stereocenters. The number of nitrogens with one attached hydrogen (secondary N) is 1. The molecule has 0 saturated heterocycles. The molecule has 0 amide bonds. The molecule has 18 heavy (non-hydrogen) atoms. The van der Waals surface area contributed by atoms with Crippen LogP contribution >= 0.6 is 15.9 Å². The lowest BCUT2D eigenvalue weighted by Gasteiger charge is -2.11. The number of para-hydroxylation sites is 1. The molecule has 1 aromatic carbocycles. The van der Waals surface area contributed by atoms with Gasteiger partial charge in [-0.3, -0.25) is 0 Å². The molecule has 3 N–H and O–H groups in total. The topological polar surface area (TPSA) is 73.1 Å². The summed E-state index contributed by atoms with van der Waals surface area (Å²) in [6.45, 7) is 0.565. The first-order valence-electron chi connectivity index (χ1n) is 5.51. The Morgan fingerprint density at radius 2 is 2.17 bits per heavy atom. The number of fused-ring (bicyclic) bond motifs is 1. The molecule has 0 aliphatic carbocycles. The molecular formula is C12H11BrN4O. The Morgan fingerprint density at radius 1 is 1.33 bits per heavy atom. The summed E-state index contributed by atoms with van der Waals surface area (Å²) in [6.07, 6.45) is 0. The quantitative estimate of drug-likeness (QED) is 0.833. The minimum absolute atomic E-state index is 0.0508. The maximum absolute atomic E-state index is 5.68. The lowest BCUT2D eigenvalue weighted by atomic mass is 10.1. The van der Waals surface area contributed by atoms with E-state index in [2.05, 4.69) is 31.2 Å². The number of ether oxygens (including phenoxy) is 1. The van der Waals surface area contributed by atoms with Gasteiger partial charge in [-0.1, -0.05) is 18.2 Å². The standard InChI is InChI=1S/C12H11BrN4O/c13-10-5-11(14)17-12(16-10)15-8-6-18-9-4-2-1-3-7(8)9/h1-5,8H,6H2,(H3,14,15,16,17). The van der Waals surface area contributed by atoms with Crippen LogP contribution in [-0.2, 0) is 0 Å². The highest BCUT2D eigenvalue weighted by Crippen LogP contribution is 2.33. The van der Waals surface area contributed by atoms with Crippen molar-refractivity contribution in [1.29, 1.82) is 0 Å². The Labute approximate surface area is 113 Å². The van der Waals surface area contributed by atoms with Crippen LogP contribution in [0.15, 0.2) is 34.9 Å². The Bertz CT molecular complexity index is 570. The van der Waals surface area contributed by atoms with Crippen molar-refractivity contribution in [2.24, 2.45) is 0 Å². The summed E-state index contributed by atoms with van der Waals surface area (Å²) in [7, 11) is 0. The lowest BCUT2D eigenvalue weighted by molar-refractivity contribution is 0.339. The van der Waals surface area contributed by atoms with Crippen LogP contribution in [0, 0.1) is 0 Å². The molecule has 0 spiro atoms. The number of aromatic nitrogens is 2. The predicted octanol–water partition coefficient (Wildman–Crippen LogP) is 2.37. The van der Waals surface area contributed by atoms with E-state index in [0.717, 1.165) is 11.3 Å². The maximum atomic E-state index is 5.68. The van der Waals surface area contributed by atoms with E-state index in [0.29, 0.717) is 23.0 Å². The van der Waals surface area contributed by atoms with E-state index >= 15 is 0 Å². The largest absolute Gasteiger partial charge is 0.491 e. The Morgan fingerprint density at radius 3 is 3.00 bits per heavy atom. The molecule has 0 saturated carbocycles. The first-order valence-corrected chi connectivity index (χ1v) is 6.30. The van der Waals surface area contributed by atoms with Crippen LogP contribution < -0.4 is 15.8 Å². The molecule has 0 fully saturated rings. The van der Waals surface area contributed by atoms with Gasteiger partial charge in [-0.15, -0.1) is 0 Å². The van der Waals surface area contributed by atoms with Gasteiger partial charge in [-0.2, -0.15) is 4.98 Å². The van der Waals surface area contributed by atoms with Gasteiger partial charge in [-0.05, 0) is 22.0 Å². The van der Waals surface area contributed by atoms with Crippen molar-refractivity contribution in [2.75, 3.05) is 17.7 Å². The number of nitrogen functional groups attached to an aromatic ring is 1. The first kappa shape index (κ1) is 11.3. The molecule has 1 aromatic heterocycles. The second-order valence-corrected chi connectivity index (χ2v) is 4.80. The van der Waals surface area contributed by atoms with Crippen molar-refractivity contribution in [3.05, 3.63) is 40.5 Å². The molecule has 1 atom stereocenters. The third-order valence-corrected chi connectivity index (χ3v) is 3.12. The Balaban J connectivity index is 1.86. The molecule has 2 aromatic rings. The van der Waals surface area contributed by atoms with Gasteiger partial charge in [0, 0.05) is 11.6 Å². The van der Waals surface area contributed by atoms with Gasteiger partial charge in [0.25, 0.3) is 0 Å². The van der Waals surface area contributed by atoms with Crippen molar-refractivity contribution >= 4 is 27.7 Å². The summed E-state index contributed by atoms with van der Waals surface area (Å²) < 4.78 is 6.24. The van der Waals surface area contributed by atoms with Crippen LogP contribution in [0.4, 0.5) is 11.8 Å². The van der Waals surface area contributed by atoms with Crippen molar-refractivity contribution in [1.82, 2.24) is 9.97 Å².